The van der Waals surface area contributed by atoms with Crippen molar-refractivity contribution in [2.45, 2.75) is 0 Å². The van der Waals surface area contributed by atoms with E-state index in [9.17, 15) is 0 Å². The van der Waals surface area contributed by atoms with Crippen LogP contribution in [0.3, 0.4) is 0 Å². The third-order valence-corrected chi connectivity index (χ3v) is 2.07. The van der Waals surface area contributed by atoms with Gasteiger partial charge in [-0.25, -0.2) is 0 Å². The van der Waals surface area contributed by atoms with Gasteiger partial charge in [0.25, 0.3) is 0 Å². The normalized spacial score (nSPS) is 8.00. The Kier molecular flexibility index (Phi) is 5.69. The number of halogens is 2. The molecule has 0 atom stereocenters. The van der Waals surface area contributed by atoms with Crippen LogP contribution in [0.2, 0.25) is 5.02 Å². The highest BCUT2D eigenvalue weighted by atomic mass is 79.9. The van der Waals surface area contributed by atoms with Gasteiger partial charge in [-0.15, -0.1) is 0 Å². The summed E-state index contributed by atoms with van der Waals surface area (Å²) in [5, 5.41) is 0.757. The van der Waals surface area contributed by atoms with Gasteiger partial charge < -0.3 is 5.73 Å². The number of hydrogen-bond acceptors (Lipinski definition) is 1. The van der Waals surface area contributed by atoms with Gasteiger partial charge in [0.05, 0.1) is 5.02 Å². The molecule has 0 aliphatic heterocycles. The lowest BCUT2D eigenvalue weighted by molar-refractivity contribution is 1.48. The SMILES string of the molecule is CN.Clc1ccccc1Br. The van der Waals surface area contributed by atoms with E-state index in [1.54, 1.807) is 0 Å². The Morgan fingerprint density at radius 1 is 1.30 bits per heavy atom. The second-order valence-corrected chi connectivity index (χ2v) is 2.68. The van der Waals surface area contributed by atoms with Gasteiger partial charge in [-0.3, -0.25) is 0 Å². The Morgan fingerprint density at radius 2 is 1.80 bits per heavy atom. The average molecular weight is 223 g/mol. The van der Waals surface area contributed by atoms with Crippen LogP contribution in [0.25, 0.3) is 0 Å². The fraction of sp³-hybridized carbons (Fsp3) is 0.143. The molecule has 0 saturated heterocycles. The smallest absolute Gasteiger partial charge is 0.0548 e. The van der Waals surface area contributed by atoms with E-state index in [1.807, 2.05) is 24.3 Å². The van der Waals surface area contributed by atoms with Crippen LogP contribution in [0.1, 0.15) is 0 Å². The number of rotatable bonds is 0. The molecule has 0 aliphatic carbocycles. The minimum absolute atomic E-state index is 0.757. The van der Waals surface area contributed by atoms with E-state index < -0.39 is 0 Å². The van der Waals surface area contributed by atoms with Crippen LogP contribution in [0.5, 0.6) is 0 Å². The lowest BCUT2D eigenvalue weighted by Gasteiger charge is -1.88. The molecule has 0 bridgehead atoms. The Labute approximate surface area is 74.3 Å². The molecule has 1 aromatic rings. The Morgan fingerprint density at radius 3 is 2.10 bits per heavy atom. The average Bonchev–Trinajstić information content (AvgIpc) is 2.00. The molecule has 56 valence electrons. The van der Waals surface area contributed by atoms with Crippen molar-refractivity contribution in [3.8, 4) is 0 Å². The van der Waals surface area contributed by atoms with Crippen LogP contribution in [-0.4, -0.2) is 7.05 Å². The molecule has 1 nitrogen and oxygen atoms in total. The highest BCUT2D eigenvalue weighted by molar-refractivity contribution is 9.10. The van der Waals surface area contributed by atoms with E-state index in [-0.39, 0.29) is 0 Å². The Balaban J connectivity index is 0.000000371. The van der Waals surface area contributed by atoms with E-state index in [2.05, 4.69) is 21.7 Å². The van der Waals surface area contributed by atoms with Crippen LogP contribution >= 0.6 is 27.5 Å². The number of nitrogens with two attached hydrogens (primary N) is 1. The van der Waals surface area contributed by atoms with Crippen LogP contribution in [0.15, 0.2) is 28.7 Å². The fourth-order valence-corrected chi connectivity index (χ4v) is 0.860. The summed E-state index contributed by atoms with van der Waals surface area (Å²) >= 11 is 8.93. The lowest BCUT2D eigenvalue weighted by Crippen LogP contribution is -1.69. The molecule has 3 heteroatoms. The number of benzene rings is 1. The zero-order chi connectivity index (χ0) is 7.98. The minimum Gasteiger partial charge on any atom is -0.333 e. The van der Waals surface area contributed by atoms with E-state index in [0.29, 0.717) is 0 Å². The molecule has 0 spiro atoms. The van der Waals surface area contributed by atoms with Crippen molar-refractivity contribution in [2.24, 2.45) is 5.73 Å². The first-order chi connectivity index (χ1) is 4.80. The summed E-state index contributed by atoms with van der Waals surface area (Å²) in [6.07, 6.45) is 0. The second kappa shape index (κ2) is 5.71. The third-order valence-electron chi connectivity index (χ3n) is 0.824. The van der Waals surface area contributed by atoms with Crippen LogP contribution in [0.4, 0.5) is 0 Å². The van der Waals surface area contributed by atoms with Crippen molar-refractivity contribution in [3.63, 3.8) is 0 Å². The molecule has 10 heavy (non-hydrogen) atoms. The molecule has 0 aromatic heterocycles. The maximum atomic E-state index is 5.66. The van der Waals surface area contributed by atoms with Crippen LogP contribution < -0.4 is 5.73 Å². The van der Waals surface area contributed by atoms with Crippen molar-refractivity contribution in [2.75, 3.05) is 7.05 Å². The van der Waals surface area contributed by atoms with Gasteiger partial charge in [0.1, 0.15) is 0 Å². The van der Waals surface area contributed by atoms with Crippen LogP contribution in [0, 0.1) is 0 Å². The van der Waals surface area contributed by atoms with E-state index >= 15 is 0 Å². The molecule has 0 fully saturated rings. The lowest BCUT2D eigenvalue weighted by atomic mass is 10.4. The summed E-state index contributed by atoms with van der Waals surface area (Å²) < 4.78 is 0.946. The first-order valence-corrected chi connectivity index (χ1v) is 3.95. The molecular weight excluding hydrogens is 213 g/mol. The second-order valence-electron chi connectivity index (χ2n) is 1.41. The maximum absolute atomic E-state index is 5.66. The van der Waals surface area contributed by atoms with Gasteiger partial charge >= 0.3 is 0 Å². The Bertz CT molecular complexity index is 170. The van der Waals surface area contributed by atoms with Crippen molar-refractivity contribution in [1.29, 1.82) is 0 Å². The Hall–Kier alpha value is -0.0500. The van der Waals surface area contributed by atoms with Gasteiger partial charge in [0.2, 0.25) is 0 Å². The molecular formula is C7H9BrClN. The molecule has 1 aromatic carbocycles. The predicted molar refractivity (Wildman–Crippen MR) is 49.3 cm³/mol. The summed E-state index contributed by atoms with van der Waals surface area (Å²) in [5.41, 5.74) is 4.50. The van der Waals surface area contributed by atoms with Gasteiger partial charge in [-0.05, 0) is 35.1 Å². The van der Waals surface area contributed by atoms with E-state index in [1.165, 1.54) is 7.05 Å². The summed E-state index contributed by atoms with van der Waals surface area (Å²) in [4.78, 5) is 0. The fourth-order valence-electron chi connectivity index (χ4n) is 0.439. The first kappa shape index (κ1) is 9.95. The van der Waals surface area contributed by atoms with Crippen molar-refractivity contribution < 1.29 is 0 Å². The van der Waals surface area contributed by atoms with Crippen molar-refractivity contribution >= 4 is 27.5 Å². The highest BCUT2D eigenvalue weighted by Gasteiger charge is 1.88. The molecule has 0 saturated carbocycles. The van der Waals surface area contributed by atoms with Crippen molar-refractivity contribution in [3.05, 3.63) is 33.8 Å². The largest absolute Gasteiger partial charge is 0.333 e. The van der Waals surface area contributed by atoms with Gasteiger partial charge in [-0.1, -0.05) is 23.7 Å². The summed E-state index contributed by atoms with van der Waals surface area (Å²) in [5.74, 6) is 0. The zero-order valence-electron chi connectivity index (χ0n) is 5.64. The van der Waals surface area contributed by atoms with Gasteiger partial charge in [0.15, 0.2) is 0 Å². The minimum atomic E-state index is 0.757. The summed E-state index contributed by atoms with van der Waals surface area (Å²) in [7, 11) is 1.50. The molecule has 2 N–H and O–H groups in total. The maximum Gasteiger partial charge on any atom is 0.0548 e. The first-order valence-electron chi connectivity index (χ1n) is 2.78. The standard InChI is InChI=1S/C6H4BrCl.CH5N/c7-5-3-1-2-4-6(5)8;1-2/h1-4H;2H2,1H3. The highest BCUT2D eigenvalue weighted by Crippen LogP contribution is 2.20. The van der Waals surface area contributed by atoms with Gasteiger partial charge in [0, 0.05) is 4.47 Å². The molecule has 0 heterocycles. The molecule has 1 rings (SSSR count). The molecule has 0 unspecified atom stereocenters. The summed E-state index contributed by atoms with van der Waals surface area (Å²) in [6.45, 7) is 0. The molecule has 0 aliphatic rings. The molecule has 0 radical (unpaired) electrons. The van der Waals surface area contributed by atoms with E-state index in [4.69, 9.17) is 11.6 Å². The third kappa shape index (κ3) is 3.20. The quantitative estimate of drug-likeness (QED) is 0.718. The zero-order valence-corrected chi connectivity index (χ0v) is 7.98. The van der Waals surface area contributed by atoms with E-state index in [0.717, 1.165) is 9.50 Å². The monoisotopic (exact) mass is 221 g/mol. The number of hydrogen-bond donors (Lipinski definition) is 1. The summed E-state index contributed by atoms with van der Waals surface area (Å²) in [6, 6.07) is 7.57. The predicted octanol–water partition coefficient (Wildman–Crippen LogP) is 2.68. The molecule has 0 amide bonds. The van der Waals surface area contributed by atoms with Crippen LogP contribution in [-0.2, 0) is 0 Å². The van der Waals surface area contributed by atoms with Gasteiger partial charge in [-0.2, -0.15) is 0 Å². The topological polar surface area (TPSA) is 26.0 Å². The van der Waals surface area contributed by atoms with Crippen molar-refractivity contribution in [1.82, 2.24) is 0 Å².